The third kappa shape index (κ3) is 7.57. The standard InChI is InChI=1S/C37H36Cl2O6/c1-37(26-4-10-30(11-5-26)44-32-14-8-28(38)22-32,27-6-12-31(13-7-27)45-33-15-9-29(39)23-33)17-16-35(40)42-18-19-43-36(41)34-21-24-2-3-25(34)20-24/h2-15,22-25,32-34H,16-21H2,1H3. The molecule has 0 aliphatic heterocycles. The summed E-state index contributed by atoms with van der Waals surface area (Å²) in [6.45, 7) is 2.22. The Kier molecular flexibility index (Phi) is 9.53. The van der Waals surface area contributed by atoms with Crippen molar-refractivity contribution in [3.63, 3.8) is 0 Å². The van der Waals surface area contributed by atoms with E-state index < -0.39 is 5.41 Å². The second-order valence-electron chi connectivity index (χ2n) is 12.1. The Morgan fingerprint density at radius 3 is 1.78 bits per heavy atom. The molecule has 8 heteroatoms. The van der Waals surface area contributed by atoms with Crippen molar-refractivity contribution in [3.05, 3.63) is 118 Å². The molecule has 0 saturated heterocycles. The van der Waals surface area contributed by atoms with Gasteiger partial charge in [0.2, 0.25) is 0 Å². The molecule has 0 spiro atoms. The molecule has 2 bridgehead atoms. The van der Waals surface area contributed by atoms with Crippen molar-refractivity contribution in [2.75, 3.05) is 13.2 Å². The van der Waals surface area contributed by atoms with Gasteiger partial charge in [-0.2, -0.15) is 0 Å². The van der Waals surface area contributed by atoms with Crippen LogP contribution < -0.4 is 9.47 Å². The van der Waals surface area contributed by atoms with Crippen LogP contribution in [0.3, 0.4) is 0 Å². The molecule has 5 atom stereocenters. The van der Waals surface area contributed by atoms with Crippen LogP contribution in [0.15, 0.2) is 107 Å². The lowest BCUT2D eigenvalue weighted by Crippen LogP contribution is -2.26. The number of carbonyl (C=O) groups is 2. The number of benzene rings is 2. The molecule has 234 valence electrons. The molecule has 4 aliphatic carbocycles. The molecule has 0 aromatic heterocycles. The van der Waals surface area contributed by atoms with Gasteiger partial charge in [0, 0.05) is 21.9 Å². The van der Waals surface area contributed by atoms with Crippen LogP contribution in [-0.2, 0) is 24.5 Å². The van der Waals surface area contributed by atoms with Gasteiger partial charge in [0.05, 0.1) is 5.92 Å². The predicted molar refractivity (Wildman–Crippen MR) is 174 cm³/mol. The summed E-state index contributed by atoms with van der Waals surface area (Å²) in [4.78, 5) is 25.3. The molecule has 45 heavy (non-hydrogen) atoms. The van der Waals surface area contributed by atoms with E-state index in [9.17, 15) is 9.59 Å². The van der Waals surface area contributed by atoms with Gasteiger partial charge in [0.25, 0.3) is 0 Å². The number of esters is 2. The fourth-order valence-electron chi connectivity index (χ4n) is 6.51. The van der Waals surface area contributed by atoms with E-state index >= 15 is 0 Å². The Labute approximate surface area is 274 Å². The first-order valence-corrected chi connectivity index (χ1v) is 16.2. The summed E-state index contributed by atoms with van der Waals surface area (Å²) < 4.78 is 23.0. The number of carbonyl (C=O) groups excluding carboxylic acids is 2. The Bertz CT molecular complexity index is 1470. The summed E-state index contributed by atoms with van der Waals surface area (Å²) in [5.41, 5.74) is 1.52. The largest absolute Gasteiger partial charge is 0.482 e. The molecule has 6 rings (SSSR count). The van der Waals surface area contributed by atoms with Gasteiger partial charge >= 0.3 is 11.9 Å². The number of fused-ring (bicyclic) bond motifs is 2. The molecule has 2 aromatic carbocycles. The number of rotatable bonds is 13. The number of hydrogen-bond acceptors (Lipinski definition) is 6. The van der Waals surface area contributed by atoms with E-state index in [1.807, 2.05) is 85.0 Å². The smallest absolute Gasteiger partial charge is 0.309 e. The van der Waals surface area contributed by atoms with Crippen LogP contribution in [0.25, 0.3) is 0 Å². The lowest BCUT2D eigenvalue weighted by Gasteiger charge is -2.31. The van der Waals surface area contributed by atoms with Crippen molar-refractivity contribution in [1.29, 1.82) is 0 Å². The summed E-state index contributed by atoms with van der Waals surface area (Å²) in [7, 11) is 0. The highest BCUT2D eigenvalue weighted by atomic mass is 35.5. The minimum Gasteiger partial charge on any atom is -0.482 e. The summed E-state index contributed by atoms with van der Waals surface area (Å²) >= 11 is 12.1. The van der Waals surface area contributed by atoms with Crippen LogP contribution in [-0.4, -0.2) is 37.4 Å². The van der Waals surface area contributed by atoms with Crippen LogP contribution in [0.1, 0.15) is 43.7 Å². The Hall–Kier alpha value is -3.74. The highest BCUT2D eigenvalue weighted by Gasteiger charge is 2.40. The Morgan fingerprint density at radius 2 is 1.31 bits per heavy atom. The van der Waals surface area contributed by atoms with E-state index in [1.165, 1.54) is 0 Å². The monoisotopic (exact) mass is 646 g/mol. The van der Waals surface area contributed by atoms with Crippen LogP contribution in [0.5, 0.6) is 11.5 Å². The minimum absolute atomic E-state index is 0.0398. The van der Waals surface area contributed by atoms with Crippen molar-refractivity contribution >= 4 is 35.1 Å². The third-order valence-electron chi connectivity index (χ3n) is 9.07. The van der Waals surface area contributed by atoms with Gasteiger partial charge in [-0.05, 0) is 103 Å². The number of halogens is 2. The van der Waals surface area contributed by atoms with Crippen LogP contribution >= 0.6 is 23.2 Å². The molecule has 5 unspecified atom stereocenters. The normalized spacial score (nSPS) is 25.5. The van der Waals surface area contributed by atoms with Gasteiger partial charge in [-0.3, -0.25) is 9.59 Å². The lowest BCUT2D eigenvalue weighted by molar-refractivity contribution is -0.155. The van der Waals surface area contributed by atoms with Crippen molar-refractivity contribution in [1.82, 2.24) is 0 Å². The van der Waals surface area contributed by atoms with Gasteiger partial charge in [-0.1, -0.05) is 66.5 Å². The zero-order chi connectivity index (χ0) is 31.4. The van der Waals surface area contributed by atoms with E-state index in [-0.39, 0.29) is 55.6 Å². The topological polar surface area (TPSA) is 71.1 Å². The fourth-order valence-corrected chi connectivity index (χ4v) is 6.90. The summed E-state index contributed by atoms with van der Waals surface area (Å²) in [5, 5.41) is 1.31. The molecule has 1 fully saturated rings. The average molecular weight is 648 g/mol. The van der Waals surface area contributed by atoms with Crippen molar-refractivity contribution in [2.45, 2.75) is 50.2 Å². The highest BCUT2D eigenvalue weighted by Crippen LogP contribution is 2.44. The van der Waals surface area contributed by atoms with Crippen molar-refractivity contribution in [2.24, 2.45) is 17.8 Å². The number of ether oxygens (including phenoxy) is 4. The predicted octanol–water partition coefficient (Wildman–Crippen LogP) is 7.95. The number of hydrogen-bond donors (Lipinski definition) is 0. The van der Waals surface area contributed by atoms with Gasteiger partial charge in [0.1, 0.15) is 36.9 Å². The maximum Gasteiger partial charge on any atom is 0.309 e. The maximum absolute atomic E-state index is 12.8. The SMILES string of the molecule is CC(CCC(=O)OCCOC(=O)C1CC2C=CC1C2)(c1ccc(OC2C=CC(Cl)=C2)cc1)c1ccc(OC2C=CC(Cl)=C2)cc1. The molecule has 0 radical (unpaired) electrons. The van der Waals surface area contributed by atoms with E-state index in [2.05, 4.69) is 19.1 Å². The van der Waals surface area contributed by atoms with Gasteiger partial charge in [-0.25, -0.2) is 0 Å². The quantitative estimate of drug-likeness (QED) is 0.125. The van der Waals surface area contributed by atoms with E-state index in [0.717, 1.165) is 24.0 Å². The maximum atomic E-state index is 12.8. The van der Waals surface area contributed by atoms with Gasteiger partial charge in [0.15, 0.2) is 0 Å². The first-order valence-electron chi connectivity index (χ1n) is 15.4. The number of allylic oxidation sites excluding steroid dienone is 6. The Balaban J connectivity index is 1.08. The van der Waals surface area contributed by atoms with E-state index in [1.54, 1.807) is 0 Å². The third-order valence-corrected chi connectivity index (χ3v) is 9.57. The molecule has 0 N–H and O–H groups in total. The molecule has 6 nitrogen and oxygen atoms in total. The van der Waals surface area contributed by atoms with Crippen molar-refractivity contribution in [3.8, 4) is 11.5 Å². The lowest BCUT2D eigenvalue weighted by atomic mass is 9.73. The molecule has 0 heterocycles. The Morgan fingerprint density at radius 1 is 0.756 bits per heavy atom. The van der Waals surface area contributed by atoms with Crippen LogP contribution in [0.2, 0.25) is 0 Å². The molecule has 1 saturated carbocycles. The first kappa shape index (κ1) is 31.3. The van der Waals surface area contributed by atoms with Crippen LogP contribution in [0, 0.1) is 17.8 Å². The fraction of sp³-hybridized carbons (Fsp3) is 0.351. The summed E-state index contributed by atoms with van der Waals surface area (Å²) in [6.07, 6.45) is 17.6. The average Bonchev–Trinajstić information content (AvgIpc) is 3.86. The zero-order valence-corrected chi connectivity index (χ0v) is 26.6. The van der Waals surface area contributed by atoms with Crippen molar-refractivity contribution < 1.29 is 28.5 Å². The second kappa shape index (κ2) is 13.7. The molecule has 0 amide bonds. The van der Waals surface area contributed by atoms with E-state index in [4.69, 9.17) is 42.1 Å². The second-order valence-corrected chi connectivity index (χ2v) is 13.0. The molecular formula is C37H36Cl2O6. The van der Waals surface area contributed by atoms with Gasteiger partial charge < -0.3 is 18.9 Å². The summed E-state index contributed by atoms with van der Waals surface area (Å²) in [6, 6.07) is 15.8. The van der Waals surface area contributed by atoms with Gasteiger partial charge in [-0.15, -0.1) is 0 Å². The zero-order valence-electron chi connectivity index (χ0n) is 25.1. The minimum atomic E-state index is -0.523. The molecular weight excluding hydrogens is 611 g/mol. The first-order chi connectivity index (χ1) is 21.7. The van der Waals surface area contributed by atoms with Crippen LogP contribution in [0.4, 0.5) is 0 Å². The molecule has 4 aliphatic rings. The molecule has 2 aromatic rings. The van der Waals surface area contributed by atoms with E-state index in [0.29, 0.717) is 33.9 Å². The highest BCUT2D eigenvalue weighted by molar-refractivity contribution is 6.31. The summed E-state index contributed by atoms with van der Waals surface area (Å²) in [5.74, 6) is 1.61.